The number of rotatable bonds is 10. The topological polar surface area (TPSA) is 85.5 Å². The number of hydrogen-bond acceptors (Lipinski definition) is 7. The van der Waals surface area contributed by atoms with Crippen LogP contribution in [0.25, 0.3) is 0 Å². The average Bonchev–Trinajstić information content (AvgIpc) is 3.03. The lowest BCUT2D eigenvalue weighted by Crippen LogP contribution is -2.21. The van der Waals surface area contributed by atoms with Crippen LogP contribution >= 0.6 is 0 Å². The molecular weight excluding hydrogens is 282 g/mol. The fourth-order valence-corrected chi connectivity index (χ4v) is 2.53. The Morgan fingerprint density at radius 1 is 1.23 bits per heavy atom. The molecule has 0 bridgehead atoms. The van der Waals surface area contributed by atoms with Gasteiger partial charge in [0.2, 0.25) is 5.88 Å². The fourth-order valence-electron chi connectivity index (χ4n) is 2.53. The highest BCUT2D eigenvalue weighted by Gasteiger charge is 2.11. The number of ether oxygens (including phenoxy) is 2. The molecule has 2 rings (SSSR count). The Labute approximate surface area is 132 Å². The van der Waals surface area contributed by atoms with Crippen molar-refractivity contribution in [3.05, 3.63) is 6.33 Å². The number of unbranched alkanes of at least 4 members (excludes halogenated alkanes) is 1. The maximum atomic E-state index is 6.02. The smallest absolute Gasteiger partial charge is 0.242 e. The predicted molar refractivity (Wildman–Crippen MR) is 87.2 cm³/mol. The molecule has 0 spiro atoms. The van der Waals surface area contributed by atoms with Gasteiger partial charge in [-0.2, -0.15) is 4.98 Å². The van der Waals surface area contributed by atoms with E-state index in [0.717, 1.165) is 13.0 Å². The Morgan fingerprint density at radius 3 is 2.82 bits per heavy atom. The molecule has 0 radical (unpaired) electrons. The lowest BCUT2D eigenvalue weighted by molar-refractivity contribution is 0.144. The number of aromatic nitrogens is 2. The molecule has 1 aliphatic rings. The summed E-state index contributed by atoms with van der Waals surface area (Å²) in [5.74, 6) is 1.05. The molecule has 1 aromatic heterocycles. The molecule has 0 atom stereocenters. The van der Waals surface area contributed by atoms with Crippen molar-refractivity contribution in [2.45, 2.75) is 25.7 Å². The molecule has 0 saturated carbocycles. The van der Waals surface area contributed by atoms with Gasteiger partial charge in [0, 0.05) is 13.7 Å². The molecule has 0 aromatic carbocycles. The van der Waals surface area contributed by atoms with Crippen molar-refractivity contribution in [1.82, 2.24) is 14.9 Å². The van der Waals surface area contributed by atoms with E-state index in [4.69, 9.17) is 15.2 Å². The number of hydrogen-bond donors (Lipinski definition) is 2. The maximum absolute atomic E-state index is 6.02. The van der Waals surface area contributed by atoms with Gasteiger partial charge in [-0.15, -0.1) is 0 Å². The Balaban J connectivity index is 1.69. The Hall–Kier alpha value is -1.60. The number of nitrogens with zero attached hydrogens (tertiary/aromatic N) is 3. The van der Waals surface area contributed by atoms with Gasteiger partial charge in [-0.3, -0.25) is 0 Å². The van der Waals surface area contributed by atoms with Gasteiger partial charge >= 0.3 is 0 Å². The van der Waals surface area contributed by atoms with Crippen molar-refractivity contribution >= 4 is 11.5 Å². The SMILES string of the molecule is COCCOc1ncnc(NCCCCN2CCCC2)c1N. The molecule has 0 amide bonds. The molecule has 1 fully saturated rings. The second-order valence-electron chi connectivity index (χ2n) is 5.46. The van der Waals surface area contributed by atoms with E-state index in [0.29, 0.717) is 30.6 Å². The molecule has 0 aliphatic carbocycles. The van der Waals surface area contributed by atoms with Crippen molar-refractivity contribution in [2.75, 3.05) is 57.6 Å². The summed E-state index contributed by atoms with van der Waals surface area (Å²) in [6, 6.07) is 0. The Kier molecular flexibility index (Phi) is 7.18. The lowest BCUT2D eigenvalue weighted by Gasteiger charge is -2.14. The van der Waals surface area contributed by atoms with Gasteiger partial charge in [0.05, 0.1) is 6.61 Å². The molecular formula is C15H27N5O2. The average molecular weight is 309 g/mol. The van der Waals surface area contributed by atoms with Crippen LogP contribution in [0.4, 0.5) is 11.5 Å². The summed E-state index contributed by atoms with van der Waals surface area (Å²) in [5.41, 5.74) is 6.47. The van der Waals surface area contributed by atoms with E-state index in [1.54, 1.807) is 7.11 Å². The van der Waals surface area contributed by atoms with E-state index >= 15 is 0 Å². The minimum absolute atomic E-state index is 0.409. The summed E-state index contributed by atoms with van der Waals surface area (Å²) < 4.78 is 10.4. The van der Waals surface area contributed by atoms with Crippen LogP contribution < -0.4 is 15.8 Å². The standard InChI is InChI=1S/C15H27N5O2/c1-21-10-11-22-15-13(16)14(18-12-19-15)17-6-2-3-7-20-8-4-5-9-20/h12H,2-11,16H2,1H3,(H,17,18,19). The number of anilines is 2. The minimum Gasteiger partial charge on any atom is -0.474 e. The molecule has 3 N–H and O–H groups in total. The third kappa shape index (κ3) is 5.31. The third-order valence-electron chi connectivity index (χ3n) is 3.77. The molecule has 7 nitrogen and oxygen atoms in total. The van der Waals surface area contributed by atoms with Crippen molar-refractivity contribution in [3.8, 4) is 5.88 Å². The Morgan fingerprint density at radius 2 is 2.05 bits per heavy atom. The first-order chi connectivity index (χ1) is 10.8. The number of nitrogens with two attached hydrogens (primary N) is 1. The summed E-state index contributed by atoms with van der Waals surface area (Å²) >= 11 is 0. The molecule has 7 heteroatoms. The molecule has 1 aliphatic heterocycles. The first kappa shape index (κ1) is 16.8. The van der Waals surface area contributed by atoms with E-state index in [-0.39, 0.29) is 0 Å². The third-order valence-corrected chi connectivity index (χ3v) is 3.77. The van der Waals surface area contributed by atoms with Crippen LogP contribution in [-0.2, 0) is 4.74 Å². The van der Waals surface area contributed by atoms with Gasteiger partial charge in [0.25, 0.3) is 0 Å². The van der Waals surface area contributed by atoms with Gasteiger partial charge in [0.1, 0.15) is 18.6 Å². The highest BCUT2D eigenvalue weighted by molar-refractivity contribution is 5.66. The van der Waals surface area contributed by atoms with Crippen molar-refractivity contribution < 1.29 is 9.47 Å². The van der Waals surface area contributed by atoms with E-state index < -0.39 is 0 Å². The summed E-state index contributed by atoms with van der Waals surface area (Å²) in [6.45, 7) is 5.48. The van der Waals surface area contributed by atoms with Crippen molar-refractivity contribution in [3.63, 3.8) is 0 Å². The van der Waals surface area contributed by atoms with Crippen LogP contribution in [0.5, 0.6) is 5.88 Å². The molecule has 1 aromatic rings. The van der Waals surface area contributed by atoms with Crippen LogP contribution in [0.15, 0.2) is 6.33 Å². The zero-order valence-electron chi connectivity index (χ0n) is 13.4. The summed E-state index contributed by atoms with van der Waals surface area (Å²) in [4.78, 5) is 10.7. The van der Waals surface area contributed by atoms with E-state index in [2.05, 4.69) is 20.2 Å². The van der Waals surface area contributed by atoms with Crippen molar-refractivity contribution in [1.29, 1.82) is 0 Å². The van der Waals surface area contributed by atoms with Crippen LogP contribution in [0.3, 0.4) is 0 Å². The van der Waals surface area contributed by atoms with E-state index in [1.807, 2.05) is 0 Å². The summed E-state index contributed by atoms with van der Waals surface area (Å²) in [5, 5.41) is 3.26. The van der Waals surface area contributed by atoms with E-state index in [1.165, 1.54) is 45.2 Å². The highest BCUT2D eigenvalue weighted by atomic mass is 16.5. The lowest BCUT2D eigenvalue weighted by atomic mass is 10.3. The van der Waals surface area contributed by atoms with Crippen molar-refractivity contribution in [2.24, 2.45) is 0 Å². The molecule has 124 valence electrons. The second-order valence-corrected chi connectivity index (χ2v) is 5.46. The van der Waals surface area contributed by atoms with Gasteiger partial charge in [0.15, 0.2) is 5.82 Å². The molecule has 22 heavy (non-hydrogen) atoms. The van der Waals surface area contributed by atoms with Gasteiger partial charge in [-0.05, 0) is 45.3 Å². The summed E-state index contributed by atoms with van der Waals surface area (Å²) in [6.07, 6.45) is 6.45. The zero-order valence-corrected chi connectivity index (χ0v) is 13.4. The number of methoxy groups -OCH3 is 1. The monoisotopic (exact) mass is 309 g/mol. The molecule has 0 unspecified atom stereocenters. The van der Waals surface area contributed by atoms with Crippen LogP contribution in [0, 0.1) is 0 Å². The fraction of sp³-hybridized carbons (Fsp3) is 0.733. The Bertz CT molecular complexity index is 438. The van der Waals surface area contributed by atoms with Gasteiger partial charge in [-0.1, -0.05) is 0 Å². The number of nitrogen functional groups attached to an aromatic ring is 1. The predicted octanol–water partition coefficient (Wildman–Crippen LogP) is 1.37. The van der Waals surface area contributed by atoms with Crippen LogP contribution in [0.1, 0.15) is 25.7 Å². The van der Waals surface area contributed by atoms with Gasteiger partial charge < -0.3 is 25.4 Å². The first-order valence-electron chi connectivity index (χ1n) is 7.99. The molecule has 2 heterocycles. The van der Waals surface area contributed by atoms with Crippen LogP contribution in [-0.4, -0.2) is 61.4 Å². The number of likely N-dealkylation sites (tertiary alicyclic amines) is 1. The minimum atomic E-state index is 0.409. The largest absolute Gasteiger partial charge is 0.474 e. The number of nitrogens with one attached hydrogen (secondary N) is 1. The quantitative estimate of drug-likeness (QED) is 0.631. The summed E-state index contributed by atoms with van der Waals surface area (Å²) in [7, 11) is 1.63. The van der Waals surface area contributed by atoms with Crippen LogP contribution in [0.2, 0.25) is 0 Å². The van der Waals surface area contributed by atoms with Gasteiger partial charge in [-0.25, -0.2) is 4.98 Å². The van der Waals surface area contributed by atoms with E-state index in [9.17, 15) is 0 Å². The zero-order chi connectivity index (χ0) is 15.6. The highest BCUT2D eigenvalue weighted by Crippen LogP contribution is 2.24. The maximum Gasteiger partial charge on any atom is 0.242 e. The first-order valence-corrected chi connectivity index (χ1v) is 7.99. The molecule has 1 saturated heterocycles. The normalized spacial score (nSPS) is 15.1. The second kappa shape index (κ2) is 9.42.